The second kappa shape index (κ2) is 13.7. The summed E-state index contributed by atoms with van der Waals surface area (Å²) in [5.74, 6) is 1.05. The van der Waals surface area contributed by atoms with Gasteiger partial charge < -0.3 is 24.2 Å². The largest absolute Gasteiger partial charge is 0.497 e. The molecule has 3 aromatic rings. The van der Waals surface area contributed by atoms with Crippen molar-refractivity contribution in [3.63, 3.8) is 0 Å². The van der Waals surface area contributed by atoms with Gasteiger partial charge in [-0.2, -0.15) is 0 Å². The van der Waals surface area contributed by atoms with E-state index in [2.05, 4.69) is 9.88 Å². The van der Waals surface area contributed by atoms with Crippen LogP contribution < -0.4 is 24.2 Å². The Bertz CT molecular complexity index is 1540. The highest BCUT2D eigenvalue weighted by atomic mass is 16.5. The lowest BCUT2D eigenvalue weighted by Crippen LogP contribution is -2.47. The van der Waals surface area contributed by atoms with Crippen LogP contribution in [-0.4, -0.2) is 74.5 Å². The monoisotopic (exact) mass is 613 g/mol. The number of fused-ring (bicyclic) bond motifs is 2. The molecule has 0 radical (unpaired) electrons. The smallest absolute Gasteiger partial charge is 0.242 e. The van der Waals surface area contributed by atoms with Gasteiger partial charge in [0, 0.05) is 70.7 Å². The normalized spacial score (nSPS) is 16.0. The molecule has 3 heterocycles. The molecule has 0 atom stereocenters. The first kappa shape index (κ1) is 32.0. The van der Waals surface area contributed by atoms with Crippen LogP contribution in [0.5, 0.6) is 11.5 Å². The summed E-state index contributed by atoms with van der Waals surface area (Å²) in [6.45, 7) is 8.92. The summed E-state index contributed by atoms with van der Waals surface area (Å²) >= 11 is 0. The molecule has 45 heavy (non-hydrogen) atoms. The van der Waals surface area contributed by atoms with Gasteiger partial charge in [-0.25, -0.2) is 0 Å². The SMILES string of the molecule is CCN1C(=O)C(C)(C)C(=O)N(C)c2cc(OCCCN(CCN3C(=O)CCc4ccc(OC)cc43)Cc3ccncc3)ccc21. The first-order chi connectivity index (χ1) is 21.6. The van der Waals surface area contributed by atoms with Crippen LogP contribution in [0.1, 0.15) is 44.7 Å². The zero-order valence-corrected chi connectivity index (χ0v) is 26.9. The average Bonchev–Trinajstić information content (AvgIpc) is 3.10. The predicted molar refractivity (Wildman–Crippen MR) is 175 cm³/mol. The number of aromatic nitrogens is 1. The topological polar surface area (TPSA) is 95.5 Å². The lowest BCUT2D eigenvalue weighted by atomic mass is 9.90. The average molecular weight is 614 g/mol. The Hall–Kier alpha value is -4.44. The summed E-state index contributed by atoms with van der Waals surface area (Å²) < 4.78 is 11.6. The number of benzene rings is 2. The van der Waals surface area contributed by atoms with E-state index >= 15 is 0 Å². The van der Waals surface area contributed by atoms with Crippen LogP contribution >= 0.6 is 0 Å². The summed E-state index contributed by atoms with van der Waals surface area (Å²) in [5.41, 5.74) is 3.43. The van der Waals surface area contributed by atoms with Crippen LogP contribution in [0.2, 0.25) is 0 Å². The number of hydrogen-bond acceptors (Lipinski definition) is 7. The molecule has 0 bridgehead atoms. The van der Waals surface area contributed by atoms with Crippen LogP contribution in [0.25, 0.3) is 0 Å². The summed E-state index contributed by atoms with van der Waals surface area (Å²) in [6, 6.07) is 15.5. The maximum Gasteiger partial charge on any atom is 0.242 e. The summed E-state index contributed by atoms with van der Waals surface area (Å²) in [6.07, 6.45) is 5.58. The molecule has 5 rings (SSSR count). The quantitative estimate of drug-likeness (QED) is 0.216. The molecule has 0 spiro atoms. The van der Waals surface area contributed by atoms with Crippen molar-refractivity contribution >= 4 is 34.8 Å². The van der Waals surface area contributed by atoms with Crippen molar-refractivity contribution in [3.8, 4) is 11.5 Å². The van der Waals surface area contributed by atoms with Crippen molar-refractivity contribution in [3.05, 3.63) is 72.1 Å². The van der Waals surface area contributed by atoms with E-state index in [-0.39, 0.29) is 17.7 Å². The zero-order valence-electron chi connectivity index (χ0n) is 26.9. The number of amides is 3. The fourth-order valence-electron chi connectivity index (χ4n) is 6.10. The second-order valence-corrected chi connectivity index (χ2v) is 12.1. The Labute approximate surface area is 265 Å². The highest BCUT2D eigenvalue weighted by Crippen LogP contribution is 2.40. The van der Waals surface area contributed by atoms with E-state index in [1.807, 2.05) is 60.4 Å². The fourth-order valence-corrected chi connectivity index (χ4v) is 6.10. The van der Waals surface area contributed by atoms with Crippen molar-refractivity contribution in [2.75, 3.05) is 61.6 Å². The summed E-state index contributed by atoms with van der Waals surface area (Å²) in [7, 11) is 3.34. The van der Waals surface area contributed by atoms with E-state index in [1.165, 1.54) is 0 Å². The molecule has 0 saturated carbocycles. The van der Waals surface area contributed by atoms with Gasteiger partial charge in [0.05, 0.1) is 30.8 Å². The first-order valence-electron chi connectivity index (χ1n) is 15.6. The number of pyridine rings is 1. The molecule has 0 N–H and O–H groups in total. The van der Waals surface area contributed by atoms with E-state index in [4.69, 9.17) is 9.47 Å². The molecule has 2 aromatic carbocycles. The van der Waals surface area contributed by atoms with Crippen molar-refractivity contribution in [2.45, 2.75) is 46.6 Å². The van der Waals surface area contributed by atoms with E-state index < -0.39 is 5.41 Å². The molecule has 0 fully saturated rings. The van der Waals surface area contributed by atoms with Gasteiger partial charge in [0.2, 0.25) is 17.7 Å². The second-order valence-electron chi connectivity index (χ2n) is 12.1. The van der Waals surface area contributed by atoms with Gasteiger partial charge in [0.1, 0.15) is 16.9 Å². The molecule has 10 heteroatoms. The van der Waals surface area contributed by atoms with Crippen LogP contribution in [-0.2, 0) is 27.3 Å². The first-order valence-corrected chi connectivity index (χ1v) is 15.6. The molecule has 0 saturated heterocycles. The van der Waals surface area contributed by atoms with Crippen molar-refractivity contribution in [1.29, 1.82) is 0 Å². The van der Waals surface area contributed by atoms with Gasteiger partial charge in [-0.3, -0.25) is 24.3 Å². The van der Waals surface area contributed by atoms with Gasteiger partial charge in [-0.15, -0.1) is 0 Å². The predicted octanol–water partition coefficient (Wildman–Crippen LogP) is 4.70. The van der Waals surface area contributed by atoms with Crippen molar-refractivity contribution in [1.82, 2.24) is 9.88 Å². The third-order valence-electron chi connectivity index (χ3n) is 8.71. The van der Waals surface area contributed by atoms with Crippen LogP contribution in [0.15, 0.2) is 60.9 Å². The Morgan fingerprint density at radius 2 is 1.60 bits per heavy atom. The number of ether oxygens (including phenoxy) is 2. The van der Waals surface area contributed by atoms with Gasteiger partial charge in [-0.05, 0) is 75.1 Å². The van der Waals surface area contributed by atoms with Crippen LogP contribution in [0.4, 0.5) is 17.1 Å². The molecular weight excluding hydrogens is 570 g/mol. The summed E-state index contributed by atoms with van der Waals surface area (Å²) in [5, 5.41) is 0. The Morgan fingerprint density at radius 3 is 2.33 bits per heavy atom. The minimum absolute atomic E-state index is 0.126. The maximum atomic E-state index is 13.2. The number of nitrogens with zero attached hydrogens (tertiary/aromatic N) is 5. The summed E-state index contributed by atoms with van der Waals surface area (Å²) in [4.78, 5) is 51.0. The number of aryl methyl sites for hydroxylation is 1. The number of anilines is 3. The van der Waals surface area contributed by atoms with Crippen LogP contribution in [0.3, 0.4) is 0 Å². The van der Waals surface area contributed by atoms with Crippen molar-refractivity contribution in [2.24, 2.45) is 5.41 Å². The third-order valence-corrected chi connectivity index (χ3v) is 8.71. The maximum absolute atomic E-state index is 13.2. The number of rotatable bonds is 12. The molecule has 238 valence electrons. The molecule has 10 nitrogen and oxygen atoms in total. The lowest BCUT2D eigenvalue weighted by Gasteiger charge is -2.32. The van der Waals surface area contributed by atoms with E-state index in [0.717, 1.165) is 48.5 Å². The number of carbonyl (C=O) groups excluding carboxylic acids is 3. The highest BCUT2D eigenvalue weighted by molar-refractivity contribution is 6.20. The molecule has 3 amide bonds. The molecule has 2 aliphatic rings. The van der Waals surface area contributed by atoms with Gasteiger partial charge in [0.25, 0.3) is 0 Å². The van der Waals surface area contributed by atoms with Gasteiger partial charge in [0.15, 0.2) is 0 Å². The van der Waals surface area contributed by atoms with Gasteiger partial charge >= 0.3 is 0 Å². The Kier molecular flexibility index (Phi) is 9.72. The standard InChI is InChI=1S/C35H43N5O5/c1-6-39-29-12-11-28(23-31(29)37(4)33(42)35(2,3)34(39)43)45-21-7-18-38(24-25-14-16-36-17-15-25)19-20-40-30-22-27(44-5)10-8-26(30)9-13-32(40)41/h8,10-12,14-17,22-23H,6-7,9,13,18-21,24H2,1-5H3. The molecule has 2 aliphatic heterocycles. The molecular formula is C35H43N5O5. The fraction of sp³-hybridized carbons (Fsp3) is 0.429. The van der Waals surface area contributed by atoms with Gasteiger partial charge in [-0.1, -0.05) is 6.07 Å². The lowest BCUT2D eigenvalue weighted by molar-refractivity contribution is -0.137. The number of methoxy groups -OCH3 is 1. The van der Waals surface area contributed by atoms with E-state index in [1.54, 1.807) is 50.2 Å². The Balaban J connectivity index is 1.25. The van der Waals surface area contributed by atoms with Crippen molar-refractivity contribution < 1.29 is 23.9 Å². The third kappa shape index (κ3) is 6.81. The zero-order chi connectivity index (χ0) is 32.1. The molecule has 1 aromatic heterocycles. The number of hydrogen-bond donors (Lipinski definition) is 0. The minimum atomic E-state index is -1.16. The highest BCUT2D eigenvalue weighted by Gasteiger charge is 2.45. The Morgan fingerprint density at radius 1 is 0.867 bits per heavy atom. The van der Waals surface area contributed by atoms with E-state index in [0.29, 0.717) is 49.8 Å². The number of carbonyl (C=O) groups is 3. The van der Waals surface area contributed by atoms with Crippen LogP contribution in [0, 0.1) is 5.41 Å². The molecule has 0 aliphatic carbocycles. The molecule has 0 unspecified atom stereocenters. The minimum Gasteiger partial charge on any atom is -0.497 e. The van der Waals surface area contributed by atoms with E-state index in [9.17, 15) is 14.4 Å².